The molecule has 0 spiro atoms. The minimum atomic E-state index is -1.20. The Morgan fingerprint density at radius 1 is 1.48 bits per heavy atom. The molecule has 0 aromatic rings. The summed E-state index contributed by atoms with van der Waals surface area (Å²) < 4.78 is 5.42. The van der Waals surface area contributed by atoms with E-state index in [0.29, 0.717) is 19.4 Å². The van der Waals surface area contributed by atoms with Crippen molar-refractivity contribution in [2.45, 2.75) is 70.6 Å². The highest BCUT2D eigenvalue weighted by Crippen LogP contribution is 2.30. The second kappa shape index (κ2) is 7.00. The van der Waals surface area contributed by atoms with Gasteiger partial charge in [0.05, 0.1) is 18.2 Å². The van der Waals surface area contributed by atoms with Crippen molar-refractivity contribution in [3.8, 4) is 0 Å². The molecular weight excluding hydrogens is 272 g/mol. The van der Waals surface area contributed by atoms with Crippen LogP contribution in [0.15, 0.2) is 5.11 Å². The number of nitrogens with zero attached hydrogens (tertiary/aromatic N) is 4. The molecule has 0 radical (unpaired) electrons. The van der Waals surface area contributed by atoms with Crippen LogP contribution in [0.3, 0.4) is 0 Å². The van der Waals surface area contributed by atoms with Crippen LogP contribution in [0.25, 0.3) is 10.4 Å². The molecule has 1 N–H and O–H groups in total. The SMILES string of the molecule is CC[C@](O)(CN=[N+]=[N-])[C@H]1CCCCN1C(=O)OC(C)(C)C. The van der Waals surface area contributed by atoms with Crippen molar-refractivity contribution >= 4 is 6.09 Å². The Kier molecular flexibility index (Phi) is 5.87. The van der Waals surface area contributed by atoms with Gasteiger partial charge in [-0.15, -0.1) is 0 Å². The van der Waals surface area contributed by atoms with Gasteiger partial charge < -0.3 is 14.7 Å². The number of carbonyl (C=O) groups is 1. The summed E-state index contributed by atoms with van der Waals surface area (Å²) >= 11 is 0. The number of hydrogen-bond donors (Lipinski definition) is 1. The predicted molar refractivity (Wildman–Crippen MR) is 79.8 cm³/mol. The van der Waals surface area contributed by atoms with Crippen molar-refractivity contribution in [1.29, 1.82) is 0 Å². The first-order valence-corrected chi connectivity index (χ1v) is 7.46. The molecule has 1 rings (SSSR count). The molecule has 1 amide bonds. The summed E-state index contributed by atoms with van der Waals surface area (Å²) in [7, 11) is 0. The Morgan fingerprint density at radius 2 is 2.14 bits per heavy atom. The lowest BCUT2D eigenvalue weighted by atomic mass is 9.84. The van der Waals surface area contributed by atoms with Gasteiger partial charge in [-0.25, -0.2) is 4.79 Å². The molecule has 1 saturated heterocycles. The Bertz CT molecular complexity index is 415. The van der Waals surface area contributed by atoms with Crippen LogP contribution in [-0.4, -0.2) is 46.4 Å². The van der Waals surface area contributed by atoms with Gasteiger partial charge in [-0.05, 0) is 52.0 Å². The Hall–Kier alpha value is -1.46. The molecule has 0 unspecified atom stereocenters. The molecule has 0 bridgehead atoms. The fourth-order valence-electron chi connectivity index (χ4n) is 2.64. The zero-order valence-corrected chi connectivity index (χ0v) is 13.4. The molecule has 2 atom stereocenters. The summed E-state index contributed by atoms with van der Waals surface area (Å²) in [6.07, 6.45) is 2.50. The van der Waals surface area contributed by atoms with Gasteiger partial charge in [0.25, 0.3) is 0 Å². The van der Waals surface area contributed by atoms with E-state index in [9.17, 15) is 9.90 Å². The van der Waals surface area contributed by atoms with E-state index in [4.69, 9.17) is 10.3 Å². The minimum Gasteiger partial charge on any atom is -0.444 e. The summed E-state index contributed by atoms with van der Waals surface area (Å²) in [5.41, 5.74) is 6.71. The van der Waals surface area contributed by atoms with E-state index in [1.165, 1.54) is 0 Å². The maximum atomic E-state index is 12.3. The van der Waals surface area contributed by atoms with Crippen LogP contribution >= 0.6 is 0 Å². The smallest absolute Gasteiger partial charge is 0.410 e. The number of hydrogen-bond acceptors (Lipinski definition) is 4. The van der Waals surface area contributed by atoms with E-state index in [0.717, 1.165) is 12.8 Å². The van der Waals surface area contributed by atoms with Crippen molar-refractivity contribution in [1.82, 2.24) is 4.90 Å². The Morgan fingerprint density at radius 3 is 2.67 bits per heavy atom. The number of carbonyl (C=O) groups excluding carboxylic acids is 1. The molecule has 120 valence electrons. The first-order chi connectivity index (χ1) is 9.73. The lowest BCUT2D eigenvalue weighted by molar-refractivity contribution is -0.0653. The lowest BCUT2D eigenvalue weighted by Crippen LogP contribution is -2.58. The zero-order valence-electron chi connectivity index (χ0n) is 13.4. The Balaban J connectivity index is 2.94. The molecule has 7 nitrogen and oxygen atoms in total. The van der Waals surface area contributed by atoms with E-state index in [1.54, 1.807) is 4.90 Å². The van der Waals surface area contributed by atoms with Gasteiger partial charge in [0.15, 0.2) is 0 Å². The van der Waals surface area contributed by atoms with Crippen molar-refractivity contribution in [2.24, 2.45) is 5.11 Å². The van der Waals surface area contributed by atoms with Crippen LogP contribution < -0.4 is 0 Å². The highest BCUT2D eigenvalue weighted by Gasteiger charge is 2.42. The zero-order chi connectivity index (χ0) is 16.1. The largest absolute Gasteiger partial charge is 0.444 e. The number of rotatable bonds is 4. The maximum Gasteiger partial charge on any atom is 0.410 e. The number of amides is 1. The van der Waals surface area contributed by atoms with Gasteiger partial charge >= 0.3 is 6.09 Å². The average Bonchev–Trinajstić information content (AvgIpc) is 2.43. The molecule has 1 fully saturated rings. The fraction of sp³-hybridized carbons (Fsp3) is 0.929. The van der Waals surface area contributed by atoms with Crippen LogP contribution in [0, 0.1) is 0 Å². The van der Waals surface area contributed by atoms with Gasteiger partial charge in [0.2, 0.25) is 0 Å². The van der Waals surface area contributed by atoms with Crippen LogP contribution in [-0.2, 0) is 4.74 Å². The van der Waals surface area contributed by atoms with Gasteiger partial charge in [-0.1, -0.05) is 12.0 Å². The van der Waals surface area contributed by atoms with Crippen molar-refractivity contribution in [3.05, 3.63) is 10.4 Å². The number of aliphatic hydroxyl groups is 1. The van der Waals surface area contributed by atoms with Crippen LogP contribution in [0.5, 0.6) is 0 Å². The number of likely N-dealkylation sites (tertiary alicyclic amines) is 1. The normalized spacial score (nSPS) is 22.1. The number of azide groups is 1. The third-order valence-corrected chi connectivity index (χ3v) is 3.77. The topological polar surface area (TPSA) is 98.5 Å². The van der Waals surface area contributed by atoms with E-state index in [1.807, 2.05) is 27.7 Å². The first-order valence-electron chi connectivity index (χ1n) is 7.46. The molecule has 0 aliphatic carbocycles. The third kappa shape index (κ3) is 4.79. The van der Waals surface area contributed by atoms with Crippen LogP contribution in [0.4, 0.5) is 4.79 Å². The van der Waals surface area contributed by atoms with Crippen molar-refractivity contribution in [2.75, 3.05) is 13.1 Å². The Labute approximate surface area is 125 Å². The first kappa shape index (κ1) is 17.6. The molecule has 1 heterocycles. The highest BCUT2D eigenvalue weighted by atomic mass is 16.6. The van der Waals surface area contributed by atoms with E-state index in [2.05, 4.69) is 10.0 Å². The number of piperidine rings is 1. The standard InChI is InChI=1S/C14H26N4O3/c1-5-14(20,10-16-17-15)11-8-6-7-9-18(11)12(19)21-13(2,3)4/h11,20H,5-10H2,1-4H3/t11-,14+/m1/s1. The molecule has 1 aliphatic heterocycles. The fourth-order valence-corrected chi connectivity index (χ4v) is 2.64. The van der Waals surface area contributed by atoms with Gasteiger partial charge in [-0.3, -0.25) is 0 Å². The minimum absolute atomic E-state index is 0.0377. The molecule has 7 heteroatoms. The van der Waals surface area contributed by atoms with Crippen LogP contribution in [0.2, 0.25) is 0 Å². The molecule has 0 saturated carbocycles. The van der Waals surface area contributed by atoms with E-state index < -0.39 is 17.3 Å². The summed E-state index contributed by atoms with van der Waals surface area (Å²) in [4.78, 5) is 16.7. The maximum absolute atomic E-state index is 12.3. The molecule has 0 aromatic carbocycles. The summed E-state index contributed by atoms with van der Waals surface area (Å²) in [6, 6.07) is -0.378. The van der Waals surface area contributed by atoms with Gasteiger partial charge in [0.1, 0.15) is 5.60 Å². The summed E-state index contributed by atoms with van der Waals surface area (Å²) in [6.45, 7) is 7.79. The monoisotopic (exact) mass is 298 g/mol. The van der Waals surface area contributed by atoms with Crippen molar-refractivity contribution in [3.63, 3.8) is 0 Å². The van der Waals surface area contributed by atoms with Crippen molar-refractivity contribution < 1.29 is 14.6 Å². The molecule has 1 aliphatic rings. The third-order valence-electron chi connectivity index (χ3n) is 3.77. The van der Waals surface area contributed by atoms with E-state index >= 15 is 0 Å². The van der Waals surface area contributed by atoms with Gasteiger partial charge in [0, 0.05) is 11.5 Å². The average molecular weight is 298 g/mol. The summed E-state index contributed by atoms with van der Waals surface area (Å²) in [5, 5.41) is 14.3. The highest BCUT2D eigenvalue weighted by molar-refractivity contribution is 5.69. The second-order valence-corrected chi connectivity index (χ2v) is 6.53. The molecular formula is C14H26N4O3. The second-order valence-electron chi connectivity index (χ2n) is 6.53. The molecule has 0 aromatic heterocycles. The van der Waals surface area contributed by atoms with E-state index in [-0.39, 0.29) is 12.6 Å². The molecule has 21 heavy (non-hydrogen) atoms. The number of ether oxygens (including phenoxy) is 1. The lowest BCUT2D eigenvalue weighted by Gasteiger charge is -2.44. The predicted octanol–water partition coefficient (Wildman–Crippen LogP) is 3.23. The van der Waals surface area contributed by atoms with Gasteiger partial charge in [-0.2, -0.15) is 0 Å². The quantitative estimate of drug-likeness (QED) is 0.490. The summed E-state index contributed by atoms with van der Waals surface area (Å²) in [5.74, 6) is 0. The van der Waals surface area contributed by atoms with Crippen LogP contribution in [0.1, 0.15) is 53.4 Å².